The van der Waals surface area contributed by atoms with Gasteiger partial charge in [0.2, 0.25) is 0 Å². The fourth-order valence-electron chi connectivity index (χ4n) is 0.968. The van der Waals surface area contributed by atoms with Crippen molar-refractivity contribution in [2.24, 2.45) is 5.11 Å². The molecular weight excluding hydrogens is 221 g/mol. The van der Waals surface area contributed by atoms with E-state index in [1.165, 1.54) is 0 Å². The van der Waals surface area contributed by atoms with Gasteiger partial charge in [-0.05, 0) is 11.6 Å². The monoisotopic (exact) mass is 223 g/mol. The maximum atomic E-state index is 12.8. The van der Waals surface area contributed by atoms with Crippen molar-refractivity contribution >= 4 is 5.69 Å². The second-order valence-electron chi connectivity index (χ2n) is 2.47. The van der Waals surface area contributed by atoms with Crippen molar-refractivity contribution in [2.45, 2.75) is 6.18 Å². The Morgan fingerprint density at radius 2 is 1.80 bits per heavy atom. The van der Waals surface area contributed by atoms with Crippen LogP contribution >= 0.6 is 0 Å². The van der Waals surface area contributed by atoms with E-state index in [0.29, 0.717) is 6.07 Å². The maximum Gasteiger partial charge on any atom is 0.419 e. The van der Waals surface area contributed by atoms with Gasteiger partial charge in [-0.2, -0.15) is 13.2 Å². The summed E-state index contributed by atoms with van der Waals surface area (Å²) < 4.78 is 62.0. The molecule has 1 aromatic carbocycles. The molecule has 0 fully saturated rings. The van der Waals surface area contributed by atoms with Gasteiger partial charge in [0.1, 0.15) is 17.2 Å². The van der Waals surface area contributed by atoms with Gasteiger partial charge in [0.05, 0.1) is 5.69 Å². The van der Waals surface area contributed by atoms with Crippen molar-refractivity contribution < 1.29 is 22.0 Å². The fraction of sp³-hybridized carbons (Fsp3) is 0.143. The molecular formula is C7H2F5N3. The number of nitrogens with zero attached hydrogens (tertiary/aromatic N) is 3. The van der Waals surface area contributed by atoms with Crippen molar-refractivity contribution in [2.75, 3.05) is 0 Å². The third kappa shape index (κ3) is 2.35. The molecule has 1 aromatic rings. The first kappa shape index (κ1) is 11.3. The largest absolute Gasteiger partial charge is 0.419 e. The Morgan fingerprint density at radius 3 is 2.27 bits per heavy atom. The van der Waals surface area contributed by atoms with Crippen LogP contribution in [0, 0.1) is 11.6 Å². The minimum absolute atomic E-state index is 0.0687. The second-order valence-corrected chi connectivity index (χ2v) is 2.47. The van der Waals surface area contributed by atoms with Crippen LogP contribution in [-0.4, -0.2) is 0 Å². The van der Waals surface area contributed by atoms with E-state index in [0.717, 1.165) is 0 Å². The molecule has 0 aliphatic rings. The van der Waals surface area contributed by atoms with Crippen molar-refractivity contribution in [3.63, 3.8) is 0 Å². The highest BCUT2D eigenvalue weighted by Gasteiger charge is 2.37. The topological polar surface area (TPSA) is 48.8 Å². The third-order valence-electron chi connectivity index (χ3n) is 1.47. The van der Waals surface area contributed by atoms with Crippen LogP contribution in [0.5, 0.6) is 0 Å². The van der Waals surface area contributed by atoms with Gasteiger partial charge in [0, 0.05) is 11.0 Å². The van der Waals surface area contributed by atoms with E-state index >= 15 is 0 Å². The van der Waals surface area contributed by atoms with Crippen LogP contribution in [0.2, 0.25) is 0 Å². The highest BCUT2D eigenvalue weighted by Crippen LogP contribution is 2.38. The Kier molecular flexibility index (Phi) is 2.81. The summed E-state index contributed by atoms with van der Waals surface area (Å²) in [5.74, 6) is -3.06. The van der Waals surface area contributed by atoms with Gasteiger partial charge in [0.15, 0.2) is 0 Å². The van der Waals surface area contributed by atoms with E-state index in [-0.39, 0.29) is 6.07 Å². The summed E-state index contributed by atoms with van der Waals surface area (Å²) in [7, 11) is 0. The number of halogens is 5. The molecule has 0 spiro atoms. The smallest absolute Gasteiger partial charge is 0.207 e. The second kappa shape index (κ2) is 3.74. The first-order valence-corrected chi connectivity index (χ1v) is 3.47. The summed E-state index contributed by atoms with van der Waals surface area (Å²) >= 11 is 0. The molecule has 0 atom stereocenters. The zero-order valence-electron chi connectivity index (χ0n) is 6.89. The highest BCUT2D eigenvalue weighted by molar-refractivity contribution is 5.48. The van der Waals surface area contributed by atoms with E-state index < -0.39 is 29.1 Å². The third-order valence-corrected chi connectivity index (χ3v) is 1.47. The van der Waals surface area contributed by atoms with Crippen LogP contribution in [0.3, 0.4) is 0 Å². The van der Waals surface area contributed by atoms with E-state index in [4.69, 9.17) is 5.53 Å². The Morgan fingerprint density at radius 1 is 1.20 bits per heavy atom. The molecule has 0 aliphatic carbocycles. The lowest BCUT2D eigenvalue weighted by atomic mass is 10.1. The summed E-state index contributed by atoms with van der Waals surface area (Å²) in [6.45, 7) is 0. The van der Waals surface area contributed by atoms with E-state index in [1.54, 1.807) is 0 Å². The first-order valence-electron chi connectivity index (χ1n) is 3.47. The Labute approximate surface area is 79.8 Å². The quantitative estimate of drug-likeness (QED) is 0.300. The average Bonchev–Trinajstić information content (AvgIpc) is 1.99. The summed E-state index contributed by atoms with van der Waals surface area (Å²) in [4.78, 5) is 2.05. The van der Waals surface area contributed by atoms with Gasteiger partial charge in [-0.15, -0.1) is 0 Å². The van der Waals surface area contributed by atoms with Crippen molar-refractivity contribution in [3.8, 4) is 0 Å². The van der Waals surface area contributed by atoms with E-state index in [2.05, 4.69) is 10.0 Å². The number of azide groups is 1. The Balaban J connectivity index is 3.54. The lowest BCUT2D eigenvalue weighted by Gasteiger charge is -2.10. The van der Waals surface area contributed by atoms with Crippen molar-refractivity contribution in [1.29, 1.82) is 0 Å². The van der Waals surface area contributed by atoms with Gasteiger partial charge in [-0.3, -0.25) is 0 Å². The highest BCUT2D eigenvalue weighted by atomic mass is 19.4. The van der Waals surface area contributed by atoms with Gasteiger partial charge >= 0.3 is 6.18 Å². The van der Waals surface area contributed by atoms with Crippen molar-refractivity contribution in [3.05, 3.63) is 39.8 Å². The number of benzene rings is 1. The molecule has 0 aromatic heterocycles. The van der Waals surface area contributed by atoms with E-state index in [9.17, 15) is 22.0 Å². The average molecular weight is 223 g/mol. The molecule has 0 saturated carbocycles. The van der Waals surface area contributed by atoms with Gasteiger partial charge in [0.25, 0.3) is 0 Å². The molecule has 0 unspecified atom stereocenters. The van der Waals surface area contributed by atoms with Gasteiger partial charge in [-0.1, -0.05) is 5.11 Å². The minimum Gasteiger partial charge on any atom is -0.207 e. The fourth-order valence-corrected chi connectivity index (χ4v) is 0.968. The molecule has 0 aliphatic heterocycles. The van der Waals surface area contributed by atoms with Crippen LogP contribution in [-0.2, 0) is 6.18 Å². The summed E-state index contributed by atoms with van der Waals surface area (Å²) in [5, 5.41) is 2.58. The SMILES string of the molecule is [N-]=[N+]=Nc1cc(F)cc(F)c1C(F)(F)F. The molecule has 0 N–H and O–H groups in total. The summed E-state index contributed by atoms with van der Waals surface area (Å²) in [6.07, 6.45) is -5.04. The maximum absolute atomic E-state index is 12.8. The van der Waals surface area contributed by atoms with Crippen LogP contribution in [0.4, 0.5) is 27.6 Å². The van der Waals surface area contributed by atoms with Crippen LogP contribution in [0.1, 0.15) is 5.56 Å². The summed E-state index contributed by atoms with van der Waals surface area (Å²) in [5.41, 5.74) is 5.04. The van der Waals surface area contributed by atoms with E-state index in [1.807, 2.05) is 0 Å². The zero-order chi connectivity index (χ0) is 11.6. The Bertz CT molecular complexity index is 433. The lowest BCUT2D eigenvalue weighted by molar-refractivity contribution is -0.139. The number of alkyl halides is 3. The molecule has 1 rings (SSSR count). The minimum atomic E-state index is -5.04. The molecule has 0 saturated heterocycles. The zero-order valence-corrected chi connectivity index (χ0v) is 6.89. The number of rotatable bonds is 1. The Hall–Kier alpha value is -1.82. The van der Waals surface area contributed by atoms with Gasteiger partial charge < -0.3 is 0 Å². The molecule has 0 heterocycles. The van der Waals surface area contributed by atoms with Crippen molar-refractivity contribution in [1.82, 2.24) is 0 Å². The van der Waals surface area contributed by atoms with Crippen LogP contribution in [0.25, 0.3) is 10.4 Å². The molecule has 0 bridgehead atoms. The number of hydrogen-bond acceptors (Lipinski definition) is 1. The molecule has 15 heavy (non-hydrogen) atoms. The lowest BCUT2D eigenvalue weighted by Crippen LogP contribution is -2.08. The van der Waals surface area contributed by atoms with Crippen LogP contribution < -0.4 is 0 Å². The molecule has 0 amide bonds. The van der Waals surface area contributed by atoms with Gasteiger partial charge in [-0.25, -0.2) is 8.78 Å². The molecule has 3 nitrogen and oxygen atoms in total. The molecule has 80 valence electrons. The molecule has 0 radical (unpaired) electrons. The number of hydrogen-bond donors (Lipinski definition) is 0. The normalized spacial score (nSPS) is 11.0. The summed E-state index contributed by atoms with van der Waals surface area (Å²) in [6, 6.07) is 0.380. The predicted octanol–water partition coefficient (Wildman–Crippen LogP) is 3.93. The molecule has 8 heteroatoms. The van der Waals surface area contributed by atoms with Crippen LogP contribution in [0.15, 0.2) is 17.2 Å². The predicted molar refractivity (Wildman–Crippen MR) is 40.2 cm³/mol. The first-order chi connectivity index (χ1) is 6.86. The standard InChI is InChI=1S/C7H2F5N3/c8-3-1-4(9)6(7(10,11)12)5(2-3)14-15-13/h1-2H.